The highest BCUT2D eigenvalue weighted by atomic mass is 79.9. The molecule has 0 bridgehead atoms. The van der Waals surface area contributed by atoms with Gasteiger partial charge in [-0.25, -0.2) is 4.79 Å². The third kappa shape index (κ3) is 8.44. The van der Waals surface area contributed by atoms with Gasteiger partial charge in [0.2, 0.25) is 5.91 Å². The second kappa shape index (κ2) is 10.5. The maximum absolute atomic E-state index is 12.1. The van der Waals surface area contributed by atoms with Crippen LogP contribution in [0.15, 0.2) is 28.7 Å². The molecule has 0 fully saturated rings. The second-order valence-corrected chi connectivity index (χ2v) is 7.12. The third-order valence-electron chi connectivity index (χ3n) is 2.87. The molecule has 24 heavy (non-hydrogen) atoms. The summed E-state index contributed by atoms with van der Waals surface area (Å²) in [5.74, 6) is -0.329. The predicted octanol–water partition coefficient (Wildman–Crippen LogP) is 2.46. The quantitative estimate of drug-likeness (QED) is 0.379. The fourth-order valence-electron chi connectivity index (χ4n) is 1.85. The minimum Gasteiger partial charge on any atom is -0.331 e. The van der Waals surface area contributed by atoms with Gasteiger partial charge in [0, 0.05) is 10.2 Å². The summed E-state index contributed by atoms with van der Waals surface area (Å²) in [6.07, 6.45) is 0.411. The Morgan fingerprint density at radius 3 is 2.46 bits per heavy atom. The molecule has 0 aliphatic rings. The first-order valence-corrected chi connectivity index (χ1v) is 9.30. The Bertz CT molecular complexity index is 582. The van der Waals surface area contributed by atoms with Gasteiger partial charge < -0.3 is 20.8 Å². The van der Waals surface area contributed by atoms with Crippen LogP contribution < -0.4 is 16.0 Å². The van der Waals surface area contributed by atoms with Crippen LogP contribution in [0.4, 0.5) is 10.5 Å². The van der Waals surface area contributed by atoms with Crippen molar-refractivity contribution in [2.45, 2.75) is 26.3 Å². The van der Waals surface area contributed by atoms with E-state index in [0.717, 1.165) is 4.47 Å². The third-order valence-corrected chi connectivity index (χ3v) is 3.79. The van der Waals surface area contributed by atoms with Crippen LogP contribution in [-0.4, -0.2) is 29.6 Å². The number of carbonyl (C=O) groups excluding carboxylic acids is 2. The molecule has 8 nitrogen and oxygen atoms in total. The average molecular weight is 422 g/mol. The summed E-state index contributed by atoms with van der Waals surface area (Å²) >= 11 is 3.30. The van der Waals surface area contributed by atoms with Crippen molar-refractivity contribution in [2.24, 2.45) is 5.92 Å². The van der Waals surface area contributed by atoms with Crippen molar-refractivity contribution in [3.8, 4) is 0 Å². The van der Waals surface area contributed by atoms with Crippen molar-refractivity contribution in [2.75, 3.05) is 12.0 Å². The van der Waals surface area contributed by atoms with Crippen molar-refractivity contribution in [3.05, 3.63) is 28.7 Å². The molecule has 0 aromatic heterocycles. The summed E-state index contributed by atoms with van der Waals surface area (Å²) in [4.78, 5) is 32.7. The number of carbonyl (C=O) groups is 2. The number of hydrogen-bond donors (Lipinski definition) is 4. The number of anilines is 1. The lowest BCUT2D eigenvalue weighted by Crippen LogP contribution is -2.49. The second-order valence-electron chi connectivity index (χ2n) is 5.38. The van der Waals surface area contributed by atoms with Crippen LogP contribution in [0.3, 0.4) is 0 Å². The smallest absolute Gasteiger partial charge is 0.319 e. The predicted molar refractivity (Wildman–Crippen MR) is 94.9 cm³/mol. The van der Waals surface area contributed by atoms with Gasteiger partial charge in [-0.3, -0.25) is 13.9 Å². The average Bonchev–Trinajstić information content (AvgIpc) is 2.48. The first kappa shape index (κ1) is 20.6. The monoisotopic (exact) mass is 421 g/mol. The molecular formula is C14H21BrN3O5P. The summed E-state index contributed by atoms with van der Waals surface area (Å²) in [6.45, 7) is 3.44. The number of nitrogens with one attached hydrogen (secondary N) is 3. The maximum Gasteiger partial charge on any atom is 0.319 e. The van der Waals surface area contributed by atoms with Gasteiger partial charge >= 0.3 is 14.3 Å². The van der Waals surface area contributed by atoms with Crippen molar-refractivity contribution < 1.29 is 23.6 Å². The zero-order chi connectivity index (χ0) is 18.1. The van der Waals surface area contributed by atoms with Crippen LogP contribution in [0.2, 0.25) is 0 Å². The highest BCUT2D eigenvalue weighted by molar-refractivity contribution is 9.10. The number of urea groups is 1. The highest BCUT2D eigenvalue weighted by Crippen LogP contribution is 2.14. The summed E-state index contributed by atoms with van der Waals surface area (Å²) < 4.78 is 15.8. The first-order chi connectivity index (χ1) is 11.3. The molecule has 4 N–H and O–H groups in total. The first-order valence-electron chi connectivity index (χ1n) is 7.24. The van der Waals surface area contributed by atoms with E-state index in [1.54, 1.807) is 24.3 Å². The number of rotatable bonds is 8. The molecule has 0 saturated carbocycles. The molecule has 134 valence electrons. The molecule has 0 aliphatic heterocycles. The Balaban J connectivity index is 2.60. The minimum atomic E-state index is -3.11. The van der Waals surface area contributed by atoms with Crippen molar-refractivity contribution in [3.63, 3.8) is 0 Å². The van der Waals surface area contributed by atoms with E-state index in [0.29, 0.717) is 12.1 Å². The van der Waals surface area contributed by atoms with Crippen molar-refractivity contribution >= 4 is 41.8 Å². The normalized spacial score (nSPS) is 13.2. The molecule has 3 amide bonds. The van der Waals surface area contributed by atoms with Gasteiger partial charge in [-0.05, 0) is 36.6 Å². The van der Waals surface area contributed by atoms with Gasteiger partial charge in [0.1, 0.15) is 12.8 Å². The fraction of sp³-hybridized carbons (Fsp3) is 0.429. The Morgan fingerprint density at radius 1 is 1.29 bits per heavy atom. The molecule has 0 saturated heterocycles. The van der Waals surface area contributed by atoms with Crippen LogP contribution in [-0.2, 0) is 13.9 Å². The number of halogens is 1. The largest absolute Gasteiger partial charge is 0.331 e. The van der Waals surface area contributed by atoms with E-state index in [2.05, 4.69) is 36.4 Å². The Hall–Kier alpha value is -1.41. The summed E-state index contributed by atoms with van der Waals surface area (Å²) in [5, 5.41) is 7.57. The fourth-order valence-corrected chi connectivity index (χ4v) is 2.31. The van der Waals surface area contributed by atoms with E-state index in [4.69, 9.17) is 4.89 Å². The van der Waals surface area contributed by atoms with Gasteiger partial charge in [-0.1, -0.05) is 29.8 Å². The van der Waals surface area contributed by atoms with Gasteiger partial charge in [0.15, 0.2) is 0 Å². The van der Waals surface area contributed by atoms with Crippen LogP contribution in [0.1, 0.15) is 20.3 Å². The lowest BCUT2D eigenvalue weighted by molar-refractivity contribution is -0.124. The van der Waals surface area contributed by atoms with Gasteiger partial charge in [-0.2, -0.15) is 0 Å². The standard InChI is InChI=1S/C14H21BrN3O5P/c1-9(2)7-12(13(19)16-8-23-24(21)22)18-14(20)17-11-5-3-10(15)4-6-11/h3-6,9,12,24H,7-8H2,1-2H3,(H,16,19)(H,21,22)(H2,17,18,20)/t12-/m0/s1. The van der Waals surface area contributed by atoms with E-state index >= 15 is 0 Å². The zero-order valence-corrected chi connectivity index (χ0v) is 15.9. The van der Waals surface area contributed by atoms with Crippen LogP contribution >= 0.6 is 24.2 Å². The molecule has 1 rings (SSSR count). The Morgan fingerprint density at radius 2 is 1.92 bits per heavy atom. The zero-order valence-electron chi connectivity index (χ0n) is 13.3. The molecule has 1 unspecified atom stereocenters. The number of benzene rings is 1. The van der Waals surface area contributed by atoms with E-state index < -0.39 is 33.0 Å². The van der Waals surface area contributed by atoms with E-state index in [1.807, 2.05) is 13.8 Å². The Labute approximate surface area is 149 Å². The van der Waals surface area contributed by atoms with E-state index in [-0.39, 0.29) is 5.92 Å². The molecule has 1 aromatic carbocycles. The van der Waals surface area contributed by atoms with Crippen molar-refractivity contribution in [1.82, 2.24) is 10.6 Å². The molecule has 0 radical (unpaired) electrons. The molecule has 2 atom stereocenters. The number of amides is 3. The maximum atomic E-state index is 12.1. The van der Waals surface area contributed by atoms with Crippen LogP contribution in [0.5, 0.6) is 0 Å². The summed E-state index contributed by atoms with van der Waals surface area (Å²) in [6, 6.07) is 5.69. The van der Waals surface area contributed by atoms with Crippen molar-refractivity contribution in [1.29, 1.82) is 0 Å². The SMILES string of the molecule is CC(C)C[C@H](NC(=O)Nc1ccc(Br)cc1)C(=O)NCO[PH](=O)O. The lowest BCUT2D eigenvalue weighted by Gasteiger charge is -2.20. The van der Waals surface area contributed by atoms with E-state index in [1.165, 1.54) is 0 Å². The van der Waals surface area contributed by atoms with Gasteiger partial charge in [0.25, 0.3) is 0 Å². The molecule has 0 heterocycles. The molecule has 1 aromatic rings. The van der Waals surface area contributed by atoms with Gasteiger partial charge in [0.05, 0.1) is 0 Å². The highest BCUT2D eigenvalue weighted by Gasteiger charge is 2.21. The van der Waals surface area contributed by atoms with Crippen LogP contribution in [0, 0.1) is 5.92 Å². The molecular weight excluding hydrogens is 401 g/mol. The molecule has 10 heteroatoms. The topological polar surface area (TPSA) is 117 Å². The molecule has 0 aliphatic carbocycles. The Kier molecular flexibility index (Phi) is 8.99. The number of hydrogen-bond acceptors (Lipinski definition) is 4. The van der Waals surface area contributed by atoms with E-state index in [9.17, 15) is 14.2 Å². The summed E-state index contributed by atoms with van der Waals surface area (Å²) in [7, 11) is -3.11. The minimum absolute atomic E-state index is 0.159. The molecule has 0 spiro atoms. The van der Waals surface area contributed by atoms with Crippen LogP contribution in [0.25, 0.3) is 0 Å². The lowest BCUT2D eigenvalue weighted by atomic mass is 10.0. The van der Waals surface area contributed by atoms with Gasteiger partial charge in [-0.15, -0.1) is 0 Å². The summed E-state index contributed by atoms with van der Waals surface area (Å²) in [5.41, 5.74) is 0.585.